The minimum Gasteiger partial charge on any atom is -0.394 e. The van der Waals surface area contributed by atoms with Gasteiger partial charge < -0.3 is 30.8 Å². The van der Waals surface area contributed by atoms with Crippen LogP contribution in [0.1, 0.15) is 0 Å². The summed E-state index contributed by atoms with van der Waals surface area (Å²) in [6.07, 6.45) is -6.57. The highest BCUT2D eigenvalue weighted by molar-refractivity contribution is 5.34. The first-order valence-corrected chi connectivity index (χ1v) is 6.54. The Kier molecular flexibility index (Phi) is 6.26. The van der Waals surface area contributed by atoms with Crippen molar-refractivity contribution < 1.29 is 25.5 Å². The summed E-state index contributed by atoms with van der Waals surface area (Å²) in [5.41, 5.74) is -1.11. The van der Waals surface area contributed by atoms with Gasteiger partial charge in [0, 0.05) is 26.7 Å². The molecule has 126 valence electrons. The third-order valence-electron chi connectivity index (χ3n) is 3.34. The predicted molar refractivity (Wildman–Crippen MR) is 76.5 cm³/mol. The van der Waals surface area contributed by atoms with Crippen molar-refractivity contribution in [3.63, 3.8) is 0 Å². The lowest BCUT2D eigenvalue weighted by molar-refractivity contribution is -0.111. The van der Waals surface area contributed by atoms with Gasteiger partial charge >= 0.3 is 5.69 Å². The van der Waals surface area contributed by atoms with E-state index in [-0.39, 0.29) is 12.4 Å². The average molecular weight is 319 g/mol. The minimum atomic E-state index is -1.74. The summed E-state index contributed by atoms with van der Waals surface area (Å²) < 4.78 is 2.04. The van der Waals surface area contributed by atoms with Gasteiger partial charge in [-0.1, -0.05) is 0 Å². The van der Waals surface area contributed by atoms with E-state index in [2.05, 4.69) is 5.32 Å². The maximum absolute atomic E-state index is 11.7. The van der Waals surface area contributed by atoms with Crippen molar-refractivity contribution >= 4 is 5.82 Å². The zero-order valence-corrected chi connectivity index (χ0v) is 12.2. The molecule has 0 aliphatic rings. The van der Waals surface area contributed by atoms with Gasteiger partial charge in [-0.05, 0) is 0 Å². The van der Waals surface area contributed by atoms with E-state index in [1.807, 2.05) is 0 Å². The first kappa shape index (κ1) is 18.3. The summed E-state index contributed by atoms with van der Waals surface area (Å²) in [5, 5.41) is 49.3. The highest BCUT2D eigenvalue weighted by Gasteiger charge is 2.29. The molecule has 6 N–H and O–H groups in total. The van der Waals surface area contributed by atoms with Crippen molar-refractivity contribution in [3.8, 4) is 0 Å². The van der Waals surface area contributed by atoms with E-state index in [1.54, 1.807) is 0 Å². The Bertz CT molecular complexity index is 612. The second-order valence-electron chi connectivity index (χ2n) is 4.95. The number of rotatable bonds is 7. The molecule has 0 aromatic carbocycles. The van der Waals surface area contributed by atoms with Crippen molar-refractivity contribution in [2.24, 2.45) is 14.1 Å². The lowest BCUT2D eigenvalue weighted by atomic mass is 10.0. The number of nitrogens with one attached hydrogen (secondary N) is 1. The van der Waals surface area contributed by atoms with Gasteiger partial charge in [0.15, 0.2) is 0 Å². The number of hydrogen-bond acceptors (Lipinski definition) is 8. The van der Waals surface area contributed by atoms with E-state index in [9.17, 15) is 30.0 Å². The number of anilines is 1. The lowest BCUT2D eigenvalue weighted by Crippen LogP contribution is -2.48. The van der Waals surface area contributed by atoms with Gasteiger partial charge in [0.05, 0.1) is 12.7 Å². The van der Waals surface area contributed by atoms with Crippen LogP contribution in [0.25, 0.3) is 0 Å². The molecular weight excluding hydrogens is 298 g/mol. The summed E-state index contributed by atoms with van der Waals surface area (Å²) in [4.78, 5) is 23.2. The number of aliphatic hydroxyl groups is 5. The maximum atomic E-state index is 11.7. The van der Waals surface area contributed by atoms with Gasteiger partial charge in [-0.15, -0.1) is 0 Å². The first-order valence-electron chi connectivity index (χ1n) is 6.54. The van der Waals surface area contributed by atoms with Crippen molar-refractivity contribution in [2.75, 3.05) is 18.5 Å². The van der Waals surface area contributed by atoms with Crippen LogP contribution < -0.4 is 16.6 Å². The molecule has 0 aliphatic carbocycles. The molecule has 0 spiro atoms. The van der Waals surface area contributed by atoms with Crippen LogP contribution in [0, 0.1) is 0 Å². The molecule has 10 nitrogen and oxygen atoms in total. The highest BCUT2D eigenvalue weighted by atomic mass is 16.4. The summed E-state index contributed by atoms with van der Waals surface area (Å²) in [6.45, 7) is -1.07. The van der Waals surface area contributed by atoms with E-state index < -0.39 is 42.3 Å². The van der Waals surface area contributed by atoms with Crippen molar-refractivity contribution in [3.05, 3.63) is 26.9 Å². The normalized spacial score (nSPS) is 16.9. The SMILES string of the molecule is Cn1c(NC[C@H](O)[C@H](O)[C@H](O)[C@@H](O)CO)cc(=O)n(C)c1=O. The van der Waals surface area contributed by atoms with Crippen LogP contribution in [-0.2, 0) is 14.1 Å². The third-order valence-corrected chi connectivity index (χ3v) is 3.34. The monoisotopic (exact) mass is 319 g/mol. The van der Waals surface area contributed by atoms with Gasteiger partial charge in [0.25, 0.3) is 5.56 Å². The molecular formula is C12H21N3O7. The first-order chi connectivity index (χ1) is 10.2. The molecule has 1 aromatic heterocycles. The molecule has 1 heterocycles. The molecule has 0 amide bonds. The Balaban J connectivity index is 2.79. The number of aliphatic hydroxyl groups excluding tert-OH is 5. The molecule has 10 heteroatoms. The third kappa shape index (κ3) is 3.93. The fraction of sp³-hybridized carbons (Fsp3) is 0.667. The highest BCUT2D eigenvalue weighted by Crippen LogP contribution is 2.06. The van der Waals surface area contributed by atoms with Crippen LogP contribution in [0.5, 0.6) is 0 Å². The van der Waals surface area contributed by atoms with Crippen LogP contribution in [0.15, 0.2) is 15.7 Å². The van der Waals surface area contributed by atoms with Gasteiger partial charge in [0.1, 0.15) is 24.1 Å². The van der Waals surface area contributed by atoms with Crippen molar-refractivity contribution in [1.29, 1.82) is 0 Å². The zero-order valence-electron chi connectivity index (χ0n) is 12.2. The standard InChI is InChI=1S/C12H21N3O7/c1-14-8(3-9(19)15(2)12(14)22)13-4-6(17)10(20)11(21)7(18)5-16/h3,6-7,10-11,13,16-18,20-21H,4-5H2,1-2H3/t6-,7-,10-,11+/m0/s1. The van der Waals surface area contributed by atoms with Gasteiger partial charge in [-0.2, -0.15) is 0 Å². The van der Waals surface area contributed by atoms with Crippen molar-refractivity contribution in [1.82, 2.24) is 9.13 Å². The van der Waals surface area contributed by atoms with Gasteiger partial charge in [0.2, 0.25) is 0 Å². The number of nitrogens with zero attached hydrogens (tertiary/aromatic N) is 2. The molecule has 1 aromatic rings. The molecule has 0 aliphatic heterocycles. The molecule has 22 heavy (non-hydrogen) atoms. The molecule has 4 atom stereocenters. The Morgan fingerprint density at radius 2 is 1.59 bits per heavy atom. The van der Waals surface area contributed by atoms with Crippen LogP contribution >= 0.6 is 0 Å². The minimum absolute atomic E-state index is 0.122. The second kappa shape index (κ2) is 7.51. The topological polar surface area (TPSA) is 157 Å². The molecule has 0 radical (unpaired) electrons. The number of aromatic nitrogens is 2. The van der Waals surface area contributed by atoms with Crippen LogP contribution in [-0.4, -0.2) is 72.2 Å². The molecule has 0 saturated heterocycles. The summed E-state index contributed by atoms with van der Waals surface area (Å²) >= 11 is 0. The van der Waals surface area contributed by atoms with Crippen LogP contribution in [0.3, 0.4) is 0 Å². The fourth-order valence-electron chi connectivity index (χ4n) is 1.80. The maximum Gasteiger partial charge on any atom is 0.332 e. The Labute approximate surface area is 125 Å². The Morgan fingerprint density at radius 3 is 2.14 bits per heavy atom. The van der Waals surface area contributed by atoms with E-state index >= 15 is 0 Å². The Hall–Kier alpha value is -1.72. The predicted octanol–water partition coefficient (Wildman–Crippen LogP) is -4.07. The summed E-state index contributed by atoms with van der Waals surface area (Å²) in [5.74, 6) is 0.122. The van der Waals surface area contributed by atoms with Gasteiger partial charge in [-0.25, -0.2) is 4.79 Å². The van der Waals surface area contributed by atoms with E-state index in [0.717, 1.165) is 15.2 Å². The largest absolute Gasteiger partial charge is 0.394 e. The zero-order chi connectivity index (χ0) is 17.0. The lowest BCUT2D eigenvalue weighted by Gasteiger charge is -2.26. The van der Waals surface area contributed by atoms with Crippen molar-refractivity contribution in [2.45, 2.75) is 24.4 Å². The summed E-state index contributed by atoms with van der Waals surface area (Å²) in [6, 6.07) is 1.14. The van der Waals surface area contributed by atoms with E-state index in [4.69, 9.17) is 5.11 Å². The average Bonchev–Trinajstić information content (AvgIpc) is 2.52. The van der Waals surface area contributed by atoms with Crippen LogP contribution in [0.4, 0.5) is 5.82 Å². The smallest absolute Gasteiger partial charge is 0.332 e. The summed E-state index contributed by atoms with van der Waals surface area (Å²) in [7, 11) is 2.73. The second-order valence-corrected chi connectivity index (χ2v) is 4.95. The van der Waals surface area contributed by atoms with Crippen LogP contribution in [0.2, 0.25) is 0 Å². The molecule has 0 bridgehead atoms. The van der Waals surface area contributed by atoms with E-state index in [1.165, 1.54) is 14.1 Å². The Morgan fingerprint density at radius 1 is 1.05 bits per heavy atom. The molecule has 0 saturated carbocycles. The number of hydrogen-bond donors (Lipinski definition) is 6. The molecule has 0 fully saturated rings. The van der Waals surface area contributed by atoms with E-state index in [0.29, 0.717) is 0 Å². The molecule has 0 unspecified atom stereocenters. The quantitative estimate of drug-likeness (QED) is 0.296. The van der Waals surface area contributed by atoms with Gasteiger partial charge in [-0.3, -0.25) is 13.9 Å². The molecule has 1 rings (SSSR count). The fourth-order valence-corrected chi connectivity index (χ4v) is 1.80.